The Morgan fingerprint density at radius 3 is 2.94 bits per heavy atom. The van der Waals surface area contributed by atoms with Gasteiger partial charge in [0.25, 0.3) is 0 Å². The first-order valence-corrected chi connectivity index (χ1v) is 7.17. The molecule has 1 N–H and O–H groups in total. The molecule has 0 saturated heterocycles. The molecule has 1 aliphatic heterocycles. The molecule has 0 radical (unpaired) electrons. The standard InChI is InChI=1S/C16H25NO/c1-4-12(2)10-15(17-3)13-7-8-16-14(11-13)6-5-9-18-16/h7-8,11-12,15,17H,4-6,9-10H2,1-3H3. The number of aryl methyl sites for hydroxylation is 1. The lowest BCUT2D eigenvalue weighted by molar-refractivity contribution is 0.288. The van der Waals surface area contributed by atoms with Crippen LogP contribution in [0.1, 0.15) is 50.3 Å². The van der Waals surface area contributed by atoms with E-state index in [-0.39, 0.29) is 0 Å². The predicted molar refractivity (Wildman–Crippen MR) is 76.1 cm³/mol. The van der Waals surface area contributed by atoms with E-state index in [1.807, 2.05) is 0 Å². The summed E-state index contributed by atoms with van der Waals surface area (Å²) in [4.78, 5) is 0. The smallest absolute Gasteiger partial charge is 0.122 e. The van der Waals surface area contributed by atoms with Crippen LogP contribution in [0.25, 0.3) is 0 Å². The Bertz CT molecular complexity index is 389. The predicted octanol–water partition coefficient (Wildman–Crippen LogP) is 3.71. The normalized spacial score (nSPS) is 17.7. The molecule has 0 spiro atoms. The fourth-order valence-corrected chi connectivity index (χ4v) is 2.59. The summed E-state index contributed by atoms with van der Waals surface area (Å²) in [7, 11) is 2.06. The van der Waals surface area contributed by atoms with Gasteiger partial charge >= 0.3 is 0 Å². The van der Waals surface area contributed by atoms with Crippen molar-refractivity contribution in [3.63, 3.8) is 0 Å². The number of benzene rings is 1. The van der Waals surface area contributed by atoms with Gasteiger partial charge in [-0.05, 0) is 49.4 Å². The van der Waals surface area contributed by atoms with Crippen molar-refractivity contribution in [1.82, 2.24) is 5.32 Å². The first-order chi connectivity index (χ1) is 8.74. The monoisotopic (exact) mass is 247 g/mol. The molecule has 0 saturated carbocycles. The van der Waals surface area contributed by atoms with Crippen molar-refractivity contribution in [2.75, 3.05) is 13.7 Å². The van der Waals surface area contributed by atoms with E-state index in [1.165, 1.54) is 24.0 Å². The van der Waals surface area contributed by atoms with Crippen molar-refractivity contribution >= 4 is 0 Å². The van der Waals surface area contributed by atoms with Crippen LogP contribution in [0.2, 0.25) is 0 Å². The number of rotatable bonds is 5. The van der Waals surface area contributed by atoms with Gasteiger partial charge in [-0.1, -0.05) is 32.4 Å². The van der Waals surface area contributed by atoms with Gasteiger partial charge in [0.2, 0.25) is 0 Å². The van der Waals surface area contributed by atoms with Gasteiger partial charge in [-0.2, -0.15) is 0 Å². The lowest BCUT2D eigenvalue weighted by Gasteiger charge is -2.23. The number of ether oxygens (including phenoxy) is 1. The first-order valence-electron chi connectivity index (χ1n) is 7.17. The van der Waals surface area contributed by atoms with Crippen LogP contribution in [0.5, 0.6) is 5.75 Å². The molecule has 18 heavy (non-hydrogen) atoms. The second kappa shape index (κ2) is 6.24. The minimum Gasteiger partial charge on any atom is -0.493 e. The summed E-state index contributed by atoms with van der Waals surface area (Å²) in [5.74, 6) is 1.85. The van der Waals surface area contributed by atoms with E-state index in [0.717, 1.165) is 31.1 Å². The number of hydrogen-bond donors (Lipinski definition) is 1. The summed E-state index contributed by atoms with van der Waals surface area (Å²) >= 11 is 0. The molecule has 2 atom stereocenters. The summed E-state index contributed by atoms with van der Waals surface area (Å²) in [6, 6.07) is 7.16. The van der Waals surface area contributed by atoms with Gasteiger partial charge in [0.1, 0.15) is 5.75 Å². The van der Waals surface area contributed by atoms with Crippen LogP contribution in [0.3, 0.4) is 0 Å². The van der Waals surface area contributed by atoms with E-state index >= 15 is 0 Å². The summed E-state index contributed by atoms with van der Waals surface area (Å²) < 4.78 is 5.67. The van der Waals surface area contributed by atoms with Gasteiger partial charge in [-0.25, -0.2) is 0 Å². The van der Waals surface area contributed by atoms with Crippen LogP contribution >= 0.6 is 0 Å². The van der Waals surface area contributed by atoms with Gasteiger partial charge in [0.15, 0.2) is 0 Å². The highest BCUT2D eigenvalue weighted by atomic mass is 16.5. The van der Waals surface area contributed by atoms with Crippen molar-refractivity contribution in [3.05, 3.63) is 29.3 Å². The molecule has 1 aromatic carbocycles. The van der Waals surface area contributed by atoms with E-state index in [2.05, 4.69) is 44.4 Å². The molecule has 1 heterocycles. The van der Waals surface area contributed by atoms with Gasteiger partial charge in [0.05, 0.1) is 6.61 Å². The zero-order valence-corrected chi connectivity index (χ0v) is 11.8. The lowest BCUT2D eigenvalue weighted by Crippen LogP contribution is -2.19. The highest BCUT2D eigenvalue weighted by Gasteiger charge is 2.16. The third kappa shape index (κ3) is 3.05. The SMILES string of the molecule is CCC(C)CC(NC)c1ccc2c(c1)CCCO2. The average Bonchev–Trinajstić information content (AvgIpc) is 2.44. The Morgan fingerprint density at radius 1 is 1.39 bits per heavy atom. The molecule has 1 aromatic rings. The van der Waals surface area contributed by atoms with Crippen LogP contribution in [-0.4, -0.2) is 13.7 Å². The Labute approximate surface area is 111 Å². The zero-order valence-electron chi connectivity index (χ0n) is 11.8. The summed E-state index contributed by atoms with van der Waals surface area (Å²) in [6.45, 7) is 5.46. The van der Waals surface area contributed by atoms with Gasteiger partial charge in [0, 0.05) is 6.04 Å². The molecular weight excluding hydrogens is 222 g/mol. The molecule has 0 fully saturated rings. The van der Waals surface area contributed by atoms with Crippen molar-refractivity contribution in [2.24, 2.45) is 5.92 Å². The molecule has 1 aliphatic rings. The number of hydrogen-bond acceptors (Lipinski definition) is 2. The molecule has 2 nitrogen and oxygen atoms in total. The summed E-state index contributed by atoms with van der Waals surface area (Å²) in [5, 5.41) is 3.45. The fourth-order valence-electron chi connectivity index (χ4n) is 2.59. The topological polar surface area (TPSA) is 21.3 Å². The van der Waals surface area contributed by atoms with E-state index in [9.17, 15) is 0 Å². The molecule has 0 bridgehead atoms. The average molecular weight is 247 g/mol. The first kappa shape index (κ1) is 13.4. The van der Waals surface area contributed by atoms with Crippen LogP contribution in [-0.2, 0) is 6.42 Å². The van der Waals surface area contributed by atoms with Crippen LogP contribution in [0.15, 0.2) is 18.2 Å². The van der Waals surface area contributed by atoms with Crippen molar-refractivity contribution in [1.29, 1.82) is 0 Å². The maximum Gasteiger partial charge on any atom is 0.122 e. The molecule has 2 heteroatoms. The van der Waals surface area contributed by atoms with E-state index in [4.69, 9.17) is 4.74 Å². The second-order valence-corrected chi connectivity index (χ2v) is 5.41. The molecular formula is C16H25NO. The lowest BCUT2D eigenvalue weighted by atomic mass is 9.92. The van der Waals surface area contributed by atoms with E-state index in [1.54, 1.807) is 0 Å². The fraction of sp³-hybridized carbons (Fsp3) is 0.625. The van der Waals surface area contributed by atoms with Gasteiger partial charge < -0.3 is 10.1 Å². The van der Waals surface area contributed by atoms with Crippen molar-refractivity contribution < 1.29 is 4.74 Å². The number of nitrogens with one attached hydrogen (secondary N) is 1. The molecule has 2 rings (SSSR count). The maximum atomic E-state index is 5.67. The quantitative estimate of drug-likeness (QED) is 0.856. The van der Waals surface area contributed by atoms with E-state index < -0.39 is 0 Å². The van der Waals surface area contributed by atoms with Gasteiger partial charge in [-0.15, -0.1) is 0 Å². The molecule has 0 aromatic heterocycles. The Kier molecular flexibility index (Phi) is 4.65. The maximum absolute atomic E-state index is 5.67. The Balaban J connectivity index is 2.15. The van der Waals surface area contributed by atoms with E-state index in [0.29, 0.717) is 6.04 Å². The summed E-state index contributed by atoms with van der Waals surface area (Å²) in [5.41, 5.74) is 2.78. The highest BCUT2D eigenvalue weighted by molar-refractivity contribution is 5.39. The molecule has 0 amide bonds. The van der Waals surface area contributed by atoms with Crippen molar-refractivity contribution in [2.45, 2.75) is 45.6 Å². The minimum atomic E-state index is 0.465. The zero-order chi connectivity index (χ0) is 13.0. The third-order valence-electron chi connectivity index (χ3n) is 4.02. The Morgan fingerprint density at radius 2 is 2.22 bits per heavy atom. The van der Waals surface area contributed by atoms with Crippen LogP contribution in [0, 0.1) is 5.92 Å². The number of fused-ring (bicyclic) bond motifs is 1. The molecule has 100 valence electrons. The third-order valence-corrected chi connectivity index (χ3v) is 4.02. The van der Waals surface area contributed by atoms with Crippen LogP contribution < -0.4 is 10.1 Å². The minimum absolute atomic E-state index is 0.465. The van der Waals surface area contributed by atoms with Gasteiger partial charge in [-0.3, -0.25) is 0 Å². The molecule has 0 aliphatic carbocycles. The largest absolute Gasteiger partial charge is 0.493 e. The highest BCUT2D eigenvalue weighted by Crippen LogP contribution is 2.30. The van der Waals surface area contributed by atoms with Crippen molar-refractivity contribution in [3.8, 4) is 5.75 Å². The second-order valence-electron chi connectivity index (χ2n) is 5.41. The summed E-state index contributed by atoms with van der Waals surface area (Å²) in [6.07, 6.45) is 4.74. The molecule has 2 unspecified atom stereocenters. The van der Waals surface area contributed by atoms with Crippen LogP contribution in [0.4, 0.5) is 0 Å². The Hall–Kier alpha value is -1.02.